The third kappa shape index (κ3) is 5.79. The van der Waals surface area contributed by atoms with E-state index < -0.39 is 5.97 Å². The van der Waals surface area contributed by atoms with Crippen LogP contribution in [0.3, 0.4) is 0 Å². The molecular formula is C35H31ClN6O3. The summed E-state index contributed by atoms with van der Waals surface area (Å²) in [5.74, 6) is 1.35. The van der Waals surface area contributed by atoms with E-state index in [1.54, 1.807) is 6.07 Å². The molecule has 1 aliphatic rings. The first kappa shape index (κ1) is 28.7. The molecule has 0 atom stereocenters. The number of carbonyl (C=O) groups excluding carboxylic acids is 1. The molecule has 0 unspecified atom stereocenters. The van der Waals surface area contributed by atoms with Gasteiger partial charge in [0, 0.05) is 22.7 Å². The molecule has 0 spiro atoms. The SMILES string of the molecule is COC(=O)c1ccc(-c2ccc(Cl)cc2)c(COc2ccc(-c3cnc4c(-c5ncn[nH]5)cnn4c3C3CCCCC3)cc2)c1. The number of hydrogen-bond acceptors (Lipinski definition) is 7. The van der Waals surface area contributed by atoms with E-state index in [1.807, 2.05) is 65.4 Å². The number of H-pyrrole nitrogens is 1. The number of nitrogens with one attached hydrogen (secondary N) is 1. The van der Waals surface area contributed by atoms with Crippen molar-refractivity contribution in [3.05, 3.63) is 107 Å². The van der Waals surface area contributed by atoms with Crippen LogP contribution < -0.4 is 4.74 Å². The summed E-state index contributed by atoms with van der Waals surface area (Å²) in [6.07, 6.45) is 11.1. The molecule has 9 nitrogen and oxygen atoms in total. The van der Waals surface area contributed by atoms with Crippen molar-refractivity contribution >= 4 is 23.2 Å². The molecule has 1 aliphatic carbocycles. The van der Waals surface area contributed by atoms with Crippen LogP contribution in [0.25, 0.3) is 39.3 Å². The van der Waals surface area contributed by atoms with Crippen molar-refractivity contribution in [1.82, 2.24) is 29.8 Å². The Morgan fingerprint density at radius 2 is 1.67 bits per heavy atom. The lowest BCUT2D eigenvalue weighted by Gasteiger charge is -2.25. The Morgan fingerprint density at radius 1 is 0.911 bits per heavy atom. The highest BCUT2D eigenvalue weighted by atomic mass is 35.5. The zero-order chi connectivity index (χ0) is 30.8. The molecule has 0 saturated heterocycles. The fourth-order valence-corrected chi connectivity index (χ4v) is 6.33. The summed E-state index contributed by atoms with van der Waals surface area (Å²) >= 11 is 6.13. The van der Waals surface area contributed by atoms with Gasteiger partial charge in [0.25, 0.3) is 0 Å². The van der Waals surface area contributed by atoms with Gasteiger partial charge in [-0.15, -0.1) is 0 Å². The van der Waals surface area contributed by atoms with Crippen LogP contribution in [0, 0.1) is 0 Å². The van der Waals surface area contributed by atoms with Gasteiger partial charge >= 0.3 is 5.97 Å². The zero-order valence-corrected chi connectivity index (χ0v) is 25.5. The summed E-state index contributed by atoms with van der Waals surface area (Å²) in [6, 6.07) is 21.2. The van der Waals surface area contributed by atoms with Crippen LogP contribution in [-0.4, -0.2) is 42.9 Å². The smallest absolute Gasteiger partial charge is 0.337 e. The average Bonchev–Trinajstić information content (AvgIpc) is 3.78. The van der Waals surface area contributed by atoms with Crippen molar-refractivity contribution in [1.29, 1.82) is 0 Å². The number of halogens is 1. The molecule has 10 heteroatoms. The van der Waals surface area contributed by atoms with E-state index in [0.29, 0.717) is 28.1 Å². The highest BCUT2D eigenvalue weighted by Gasteiger charge is 2.25. The number of benzene rings is 3. The molecule has 6 aromatic rings. The molecule has 3 heterocycles. The van der Waals surface area contributed by atoms with Crippen LogP contribution in [0.2, 0.25) is 5.02 Å². The van der Waals surface area contributed by atoms with Crippen LogP contribution >= 0.6 is 11.6 Å². The van der Waals surface area contributed by atoms with Crippen molar-refractivity contribution in [2.75, 3.05) is 7.11 Å². The van der Waals surface area contributed by atoms with Crippen LogP contribution in [0.5, 0.6) is 5.75 Å². The zero-order valence-electron chi connectivity index (χ0n) is 24.7. The first-order chi connectivity index (χ1) is 22.1. The summed E-state index contributed by atoms with van der Waals surface area (Å²) in [6.45, 7) is 0.265. The Kier molecular flexibility index (Phi) is 8.00. The van der Waals surface area contributed by atoms with Crippen molar-refractivity contribution in [3.63, 3.8) is 0 Å². The van der Waals surface area contributed by atoms with E-state index in [-0.39, 0.29) is 6.61 Å². The van der Waals surface area contributed by atoms with Gasteiger partial charge in [0.1, 0.15) is 18.7 Å². The van der Waals surface area contributed by atoms with Gasteiger partial charge in [-0.2, -0.15) is 10.2 Å². The molecule has 1 saturated carbocycles. The van der Waals surface area contributed by atoms with Gasteiger partial charge in [0.05, 0.1) is 30.1 Å². The van der Waals surface area contributed by atoms with Crippen molar-refractivity contribution in [2.45, 2.75) is 44.6 Å². The molecule has 3 aromatic heterocycles. The predicted molar refractivity (Wildman–Crippen MR) is 172 cm³/mol. The number of ether oxygens (including phenoxy) is 2. The van der Waals surface area contributed by atoms with Gasteiger partial charge in [0.2, 0.25) is 0 Å². The van der Waals surface area contributed by atoms with Crippen LogP contribution in [0.15, 0.2) is 85.5 Å². The Morgan fingerprint density at radius 3 is 2.40 bits per heavy atom. The van der Waals surface area contributed by atoms with Gasteiger partial charge in [0.15, 0.2) is 11.5 Å². The number of carbonyl (C=O) groups is 1. The Bertz CT molecular complexity index is 1950. The topological polar surface area (TPSA) is 107 Å². The van der Waals surface area contributed by atoms with Crippen molar-refractivity contribution in [2.24, 2.45) is 0 Å². The minimum Gasteiger partial charge on any atom is -0.489 e. The summed E-state index contributed by atoms with van der Waals surface area (Å²) < 4.78 is 13.2. The highest BCUT2D eigenvalue weighted by molar-refractivity contribution is 6.30. The summed E-state index contributed by atoms with van der Waals surface area (Å²) in [7, 11) is 1.38. The van der Waals surface area contributed by atoms with Gasteiger partial charge in [-0.05, 0) is 71.5 Å². The van der Waals surface area contributed by atoms with E-state index >= 15 is 0 Å². The highest BCUT2D eigenvalue weighted by Crippen LogP contribution is 2.39. The lowest BCUT2D eigenvalue weighted by atomic mass is 9.84. The van der Waals surface area contributed by atoms with E-state index in [9.17, 15) is 4.79 Å². The molecular weight excluding hydrogens is 588 g/mol. The molecule has 45 heavy (non-hydrogen) atoms. The molecule has 0 bridgehead atoms. The van der Waals surface area contributed by atoms with Gasteiger partial charge < -0.3 is 9.47 Å². The number of nitrogens with zero attached hydrogens (tertiary/aromatic N) is 5. The number of methoxy groups -OCH3 is 1. The third-order valence-electron chi connectivity index (χ3n) is 8.47. The fraction of sp³-hybridized carbons (Fsp3) is 0.229. The quantitative estimate of drug-likeness (QED) is 0.173. The van der Waals surface area contributed by atoms with Crippen molar-refractivity contribution < 1.29 is 14.3 Å². The largest absolute Gasteiger partial charge is 0.489 e. The van der Waals surface area contributed by atoms with E-state index in [2.05, 4.69) is 27.3 Å². The number of hydrogen-bond donors (Lipinski definition) is 1. The molecule has 7 rings (SSSR count). The second-order valence-corrected chi connectivity index (χ2v) is 11.6. The van der Waals surface area contributed by atoms with Crippen LogP contribution in [0.4, 0.5) is 0 Å². The second kappa shape index (κ2) is 12.5. The normalized spacial score (nSPS) is 13.6. The molecule has 0 aliphatic heterocycles. The fourth-order valence-electron chi connectivity index (χ4n) is 6.20. The molecule has 0 radical (unpaired) electrons. The molecule has 1 fully saturated rings. The van der Waals surface area contributed by atoms with Crippen molar-refractivity contribution in [3.8, 4) is 39.4 Å². The summed E-state index contributed by atoms with van der Waals surface area (Å²) in [5, 5.41) is 12.4. The summed E-state index contributed by atoms with van der Waals surface area (Å²) in [4.78, 5) is 21.4. The minimum absolute atomic E-state index is 0.265. The third-order valence-corrected chi connectivity index (χ3v) is 8.72. The molecule has 3 aromatic carbocycles. The Hall–Kier alpha value is -5.02. The lowest BCUT2D eigenvalue weighted by Crippen LogP contribution is -2.12. The number of rotatable bonds is 8. The van der Waals surface area contributed by atoms with Crippen LogP contribution in [0.1, 0.15) is 59.6 Å². The maximum Gasteiger partial charge on any atom is 0.337 e. The van der Waals surface area contributed by atoms with E-state index in [4.69, 9.17) is 31.2 Å². The molecule has 226 valence electrons. The summed E-state index contributed by atoms with van der Waals surface area (Å²) in [5.41, 5.74) is 8.13. The second-order valence-electron chi connectivity index (χ2n) is 11.2. The standard InChI is InChI=1S/C35H31ClN6O3/c1-44-35(43)25-11-16-29(22-7-12-27(36)13-8-22)26(17-25)20-45-28-14-9-23(10-15-28)30-18-37-34-31(33-38-21-39-41-33)19-40-42(34)32(30)24-5-3-2-4-6-24/h7-19,21,24H,2-6,20H2,1H3,(H,38,39,41). The maximum atomic E-state index is 12.3. The minimum atomic E-state index is -0.396. The predicted octanol–water partition coefficient (Wildman–Crippen LogP) is 7.92. The van der Waals surface area contributed by atoms with E-state index in [1.165, 1.54) is 38.4 Å². The molecule has 1 N–H and O–H groups in total. The lowest BCUT2D eigenvalue weighted by molar-refractivity contribution is 0.0600. The first-order valence-corrected chi connectivity index (χ1v) is 15.4. The Labute approximate surface area is 265 Å². The molecule has 0 amide bonds. The van der Waals surface area contributed by atoms with E-state index in [0.717, 1.165) is 51.9 Å². The average molecular weight is 619 g/mol. The maximum absolute atomic E-state index is 12.3. The first-order valence-electron chi connectivity index (χ1n) is 15.0. The van der Waals surface area contributed by atoms with Gasteiger partial charge in [-0.1, -0.05) is 61.2 Å². The van der Waals surface area contributed by atoms with Crippen LogP contribution in [-0.2, 0) is 11.3 Å². The number of fused-ring (bicyclic) bond motifs is 1. The number of esters is 1. The Balaban J connectivity index is 1.19. The van der Waals surface area contributed by atoms with Gasteiger partial charge in [-0.25, -0.2) is 19.3 Å². The number of aromatic amines is 1. The van der Waals surface area contributed by atoms with Gasteiger partial charge in [-0.3, -0.25) is 5.10 Å². The number of aromatic nitrogens is 6. The monoisotopic (exact) mass is 618 g/mol.